The number of rotatable bonds is 10. The first kappa shape index (κ1) is 36.5. The minimum Gasteiger partial charge on any atom is -0.344 e. The maximum absolute atomic E-state index is 11.8. The van der Waals surface area contributed by atoms with Gasteiger partial charge in [0.25, 0.3) is 20.2 Å². The third kappa shape index (κ3) is 6.74. The molecule has 1 aliphatic carbocycles. The Kier molecular flexibility index (Phi) is 9.54. The topological polar surface area (TPSA) is 138 Å². The Morgan fingerprint density at radius 1 is 0.725 bits per heavy atom. The zero-order valence-electron chi connectivity index (χ0n) is 29.5. The second-order valence-electron chi connectivity index (χ2n) is 14.3. The monoisotopic (exact) mass is 724 g/mol. The highest BCUT2D eigenvalue weighted by molar-refractivity contribution is 7.86. The Bertz CT molecular complexity index is 2450. The van der Waals surface area contributed by atoms with Crippen molar-refractivity contribution >= 4 is 53.0 Å². The maximum Gasteiger partial charge on any atom is 0.294 e. The Balaban J connectivity index is 1.24. The first-order valence-corrected chi connectivity index (χ1v) is 19.9. The molecule has 6 rings (SSSR count). The number of fused-ring (bicyclic) bond motifs is 5. The van der Waals surface area contributed by atoms with Crippen molar-refractivity contribution in [3.05, 3.63) is 131 Å². The van der Waals surface area contributed by atoms with Gasteiger partial charge in [0.05, 0.1) is 9.79 Å². The van der Waals surface area contributed by atoms with E-state index >= 15 is 0 Å². The Hall–Kier alpha value is -4.32. The van der Waals surface area contributed by atoms with Crippen LogP contribution in [0.2, 0.25) is 0 Å². The fourth-order valence-corrected chi connectivity index (χ4v) is 8.77. The van der Waals surface area contributed by atoms with Gasteiger partial charge in [-0.15, -0.1) is 0 Å². The lowest BCUT2D eigenvalue weighted by atomic mass is 9.79. The SMILES string of the molecule is CC1=C(C=CC=CC=CC=C2N(CCCCN)c3cc4cc(S(=O)(=O)O)ccc4cc3C2(C)C)C(C)(C)c2c1ccc1cc(S(=O)(=O)O)ccc21. The Labute approximate surface area is 300 Å². The summed E-state index contributed by atoms with van der Waals surface area (Å²) in [6.45, 7) is 12.2. The fraction of sp³-hybridized carbons (Fsp3) is 0.268. The molecular formula is C41H44N2O6S2. The molecule has 0 spiro atoms. The van der Waals surface area contributed by atoms with E-state index in [1.807, 2.05) is 48.6 Å². The molecule has 0 radical (unpaired) electrons. The lowest BCUT2D eigenvalue weighted by Crippen LogP contribution is -2.27. The molecular weight excluding hydrogens is 681 g/mol. The molecule has 0 bridgehead atoms. The van der Waals surface area contributed by atoms with Crippen molar-refractivity contribution in [2.75, 3.05) is 18.0 Å². The predicted molar refractivity (Wildman–Crippen MR) is 207 cm³/mol. The van der Waals surface area contributed by atoms with Gasteiger partial charge in [-0.05, 0) is 118 Å². The molecule has 0 fully saturated rings. The van der Waals surface area contributed by atoms with Gasteiger partial charge < -0.3 is 10.6 Å². The molecule has 10 heteroatoms. The first-order chi connectivity index (χ1) is 24.0. The molecule has 4 N–H and O–H groups in total. The maximum atomic E-state index is 11.8. The van der Waals surface area contributed by atoms with Crippen molar-refractivity contribution < 1.29 is 25.9 Å². The molecule has 8 nitrogen and oxygen atoms in total. The van der Waals surface area contributed by atoms with Crippen LogP contribution in [0.25, 0.3) is 27.1 Å². The number of hydrogen-bond acceptors (Lipinski definition) is 6. The van der Waals surface area contributed by atoms with Crippen molar-refractivity contribution in [2.24, 2.45) is 5.73 Å². The van der Waals surface area contributed by atoms with Crippen LogP contribution in [0.4, 0.5) is 5.69 Å². The summed E-state index contributed by atoms with van der Waals surface area (Å²) in [6.07, 6.45) is 16.1. The average Bonchev–Trinajstić information content (AvgIpc) is 3.39. The van der Waals surface area contributed by atoms with Gasteiger partial charge in [0.2, 0.25) is 0 Å². The minimum atomic E-state index is -4.32. The summed E-state index contributed by atoms with van der Waals surface area (Å²) in [5.74, 6) is 0. The minimum absolute atomic E-state index is 0.116. The highest BCUT2D eigenvalue weighted by Gasteiger charge is 2.40. The molecule has 1 aliphatic heterocycles. The van der Waals surface area contributed by atoms with Gasteiger partial charge in [0.1, 0.15) is 0 Å². The van der Waals surface area contributed by atoms with Gasteiger partial charge in [-0.3, -0.25) is 9.11 Å². The fourth-order valence-electron chi connectivity index (χ4n) is 7.73. The molecule has 266 valence electrons. The van der Waals surface area contributed by atoms with Gasteiger partial charge in [0.15, 0.2) is 0 Å². The van der Waals surface area contributed by atoms with Crippen molar-refractivity contribution in [2.45, 2.75) is 68.1 Å². The van der Waals surface area contributed by atoms with Crippen molar-refractivity contribution in [3.63, 3.8) is 0 Å². The summed E-state index contributed by atoms with van der Waals surface area (Å²) in [7, 11) is -8.61. The molecule has 0 unspecified atom stereocenters. The molecule has 0 saturated carbocycles. The van der Waals surface area contributed by atoms with Gasteiger partial charge >= 0.3 is 0 Å². The third-order valence-electron chi connectivity index (χ3n) is 10.3. The normalized spacial score (nSPS) is 18.0. The molecule has 4 aromatic rings. The standard InChI is InChI=1S/C41H44N2O6S2/c1-27-33-19-16-29-23-32(51(47,48)49)18-20-34(29)39(33)41(4,5)35(27)13-9-7-6-8-10-14-38-40(2,3)36-25-28-15-17-31(50(44,45)46)24-30(28)26-37(36)43(38)22-12-11-21-42/h6-10,13-20,23-26H,11-12,21-22,42H2,1-5H3,(H,44,45,46)(H,47,48,49). The lowest BCUT2D eigenvalue weighted by molar-refractivity contribution is 0.481. The number of nitrogens with two attached hydrogens (primary N) is 1. The summed E-state index contributed by atoms with van der Waals surface area (Å²) in [5.41, 5.74) is 13.1. The summed E-state index contributed by atoms with van der Waals surface area (Å²) in [5, 5.41) is 3.37. The van der Waals surface area contributed by atoms with Gasteiger partial charge in [-0.25, -0.2) is 0 Å². The van der Waals surface area contributed by atoms with Crippen LogP contribution >= 0.6 is 0 Å². The third-order valence-corrected chi connectivity index (χ3v) is 12.0. The predicted octanol–water partition coefficient (Wildman–Crippen LogP) is 8.64. The molecule has 0 amide bonds. The van der Waals surface area contributed by atoms with Gasteiger partial charge in [0, 0.05) is 28.8 Å². The highest BCUT2D eigenvalue weighted by atomic mass is 32.2. The second kappa shape index (κ2) is 13.3. The number of hydrogen-bond donors (Lipinski definition) is 3. The highest BCUT2D eigenvalue weighted by Crippen LogP contribution is 2.51. The van der Waals surface area contributed by atoms with E-state index in [0.717, 1.165) is 69.0 Å². The van der Waals surface area contributed by atoms with E-state index in [1.165, 1.54) is 35.4 Å². The quantitative estimate of drug-likeness (QED) is 0.0840. The lowest BCUT2D eigenvalue weighted by Gasteiger charge is -2.27. The molecule has 51 heavy (non-hydrogen) atoms. The van der Waals surface area contributed by atoms with Crippen LogP contribution in [-0.4, -0.2) is 39.0 Å². The van der Waals surface area contributed by atoms with Gasteiger partial charge in [-0.1, -0.05) is 88.4 Å². The van der Waals surface area contributed by atoms with E-state index in [9.17, 15) is 25.9 Å². The van der Waals surface area contributed by atoms with E-state index in [0.29, 0.717) is 6.54 Å². The van der Waals surface area contributed by atoms with E-state index in [4.69, 9.17) is 5.73 Å². The van der Waals surface area contributed by atoms with Crippen molar-refractivity contribution in [3.8, 4) is 0 Å². The van der Waals surface area contributed by atoms with E-state index in [1.54, 1.807) is 12.1 Å². The molecule has 0 aromatic heterocycles. The average molecular weight is 725 g/mol. The molecule has 0 atom stereocenters. The number of benzene rings is 4. The van der Waals surface area contributed by atoms with Crippen LogP contribution in [0.3, 0.4) is 0 Å². The van der Waals surface area contributed by atoms with E-state index in [-0.39, 0.29) is 20.6 Å². The summed E-state index contributed by atoms with van der Waals surface area (Å²) in [6, 6.07) is 17.5. The number of anilines is 1. The number of unbranched alkanes of at least 4 members (excludes halogenated alkanes) is 1. The van der Waals surface area contributed by atoms with E-state index < -0.39 is 20.2 Å². The number of allylic oxidation sites excluding steroid dienone is 10. The zero-order chi connectivity index (χ0) is 36.9. The Morgan fingerprint density at radius 3 is 2.04 bits per heavy atom. The van der Waals surface area contributed by atoms with E-state index in [2.05, 4.69) is 57.7 Å². The number of nitrogens with zero attached hydrogens (tertiary/aromatic N) is 1. The largest absolute Gasteiger partial charge is 0.344 e. The van der Waals surface area contributed by atoms with Crippen LogP contribution in [0, 0.1) is 0 Å². The van der Waals surface area contributed by atoms with Crippen LogP contribution in [0.15, 0.2) is 124 Å². The van der Waals surface area contributed by atoms with Crippen molar-refractivity contribution in [1.82, 2.24) is 0 Å². The molecule has 4 aromatic carbocycles. The van der Waals surface area contributed by atoms with Crippen LogP contribution in [-0.2, 0) is 31.1 Å². The molecule has 1 heterocycles. The summed E-state index contributed by atoms with van der Waals surface area (Å²) in [4.78, 5) is 2.05. The smallest absolute Gasteiger partial charge is 0.294 e. The van der Waals surface area contributed by atoms with Crippen LogP contribution in [0.5, 0.6) is 0 Å². The van der Waals surface area contributed by atoms with Crippen LogP contribution < -0.4 is 10.6 Å². The first-order valence-electron chi connectivity index (χ1n) is 17.0. The molecule has 2 aliphatic rings. The van der Waals surface area contributed by atoms with Gasteiger partial charge in [-0.2, -0.15) is 16.8 Å². The zero-order valence-corrected chi connectivity index (χ0v) is 31.1. The Morgan fingerprint density at radius 2 is 1.35 bits per heavy atom. The van der Waals surface area contributed by atoms with Crippen LogP contribution in [0.1, 0.15) is 64.2 Å². The van der Waals surface area contributed by atoms with Crippen molar-refractivity contribution in [1.29, 1.82) is 0 Å². The molecule has 0 saturated heterocycles. The summed E-state index contributed by atoms with van der Waals surface area (Å²) < 4.78 is 66.3. The summed E-state index contributed by atoms with van der Waals surface area (Å²) >= 11 is 0. The second-order valence-corrected chi connectivity index (χ2v) is 17.2.